The standard InChI is InChI=1S/C28H20ClN3OS2/c29-22-10-14-25(15-11-22)34-24-12-8-20(9-13-24)17-26-27(33)32(19-21-5-4-16-30-18-21)28(35-26)31-23-6-2-1-3-7-23/h1-18H,19H2/b26-17-,31-28?. The van der Waals surface area contributed by atoms with Gasteiger partial charge in [0.05, 0.1) is 17.1 Å². The summed E-state index contributed by atoms with van der Waals surface area (Å²) >= 11 is 9.04. The molecule has 1 amide bonds. The Hall–Kier alpha value is -3.32. The first-order valence-corrected chi connectivity index (χ1v) is 12.9. The van der Waals surface area contributed by atoms with Crippen LogP contribution in [-0.4, -0.2) is 21.0 Å². The lowest BCUT2D eigenvalue weighted by molar-refractivity contribution is -0.122. The Bertz CT molecular complexity index is 1370. The van der Waals surface area contributed by atoms with E-state index in [2.05, 4.69) is 17.1 Å². The first kappa shape index (κ1) is 23.4. The minimum Gasteiger partial charge on any atom is -0.282 e. The summed E-state index contributed by atoms with van der Waals surface area (Å²) in [7, 11) is 0. The first-order valence-electron chi connectivity index (χ1n) is 10.9. The van der Waals surface area contributed by atoms with Crippen molar-refractivity contribution in [2.75, 3.05) is 0 Å². The zero-order valence-corrected chi connectivity index (χ0v) is 20.9. The van der Waals surface area contributed by atoms with Gasteiger partial charge in [0.15, 0.2) is 5.17 Å². The fourth-order valence-electron chi connectivity index (χ4n) is 3.44. The van der Waals surface area contributed by atoms with Gasteiger partial charge in [0, 0.05) is 27.2 Å². The van der Waals surface area contributed by atoms with E-state index in [-0.39, 0.29) is 5.91 Å². The molecule has 1 saturated heterocycles. The van der Waals surface area contributed by atoms with Gasteiger partial charge in [-0.2, -0.15) is 0 Å². The van der Waals surface area contributed by atoms with Crippen LogP contribution in [0, 0.1) is 0 Å². The number of halogens is 1. The summed E-state index contributed by atoms with van der Waals surface area (Å²) < 4.78 is 0. The average molecular weight is 514 g/mol. The third-order valence-corrected chi connectivity index (χ3v) is 7.43. The van der Waals surface area contributed by atoms with E-state index < -0.39 is 0 Å². The molecular weight excluding hydrogens is 494 g/mol. The van der Waals surface area contributed by atoms with Crippen LogP contribution in [0.4, 0.5) is 5.69 Å². The van der Waals surface area contributed by atoms with Gasteiger partial charge in [-0.25, -0.2) is 4.99 Å². The highest BCUT2D eigenvalue weighted by Gasteiger charge is 2.33. The molecule has 0 N–H and O–H groups in total. The Morgan fingerprint density at radius 3 is 2.31 bits per heavy atom. The highest BCUT2D eigenvalue weighted by atomic mass is 35.5. The summed E-state index contributed by atoms with van der Waals surface area (Å²) in [4.78, 5) is 26.9. The lowest BCUT2D eigenvalue weighted by Crippen LogP contribution is -2.28. The van der Waals surface area contributed by atoms with Crippen LogP contribution in [0.3, 0.4) is 0 Å². The Morgan fingerprint density at radius 2 is 1.63 bits per heavy atom. The molecule has 2 heterocycles. The molecule has 0 bridgehead atoms. The number of para-hydroxylation sites is 1. The molecule has 0 spiro atoms. The second-order valence-corrected chi connectivity index (χ2v) is 10.3. The van der Waals surface area contributed by atoms with Crippen molar-refractivity contribution in [3.63, 3.8) is 0 Å². The van der Waals surface area contributed by atoms with E-state index in [0.29, 0.717) is 16.6 Å². The molecule has 5 rings (SSSR count). The van der Waals surface area contributed by atoms with Crippen molar-refractivity contribution in [3.8, 4) is 0 Å². The summed E-state index contributed by atoms with van der Waals surface area (Å²) in [5.41, 5.74) is 2.72. The predicted molar refractivity (Wildman–Crippen MR) is 146 cm³/mol. The third kappa shape index (κ3) is 6.03. The first-order chi connectivity index (χ1) is 17.1. The van der Waals surface area contributed by atoms with Gasteiger partial charge in [-0.3, -0.25) is 14.7 Å². The summed E-state index contributed by atoms with van der Waals surface area (Å²) in [5, 5.41) is 1.38. The van der Waals surface area contributed by atoms with Gasteiger partial charge in [-0.05, 0) is 83.6 Å². The van der Waals surface area contributed by atoms with Crippen LogP contribution in [0.5, 0.6) is 0 Å². The van der Waals surface area contributed by atoms with Crippen molar-refractivity contribution in [3.05, 3.63) is 124 Å². The number of rotatable bonds is 6. The smallest absolute Gasteiger partial charge is 0.267 e. The van der Waals surface area contributed by atoms with Crippen molar-refractivity contribution in [1.82, 2.24) is 9.88 Å². The molecule has 4 aromatic rings. The zero-order valence-electron chi connectivity index (χ0n) is 18.5. The molecule has 7 heteroatoms. The third-order valence-electron chi connectivity index (χ3n) is 5.16. The number of carbonyl (C=O) groups is 1. The number of amidine groups is 1. The molecule has 0 saturated carbocycles. The highest BCUT2D eigenvalue weighted by molar-refractivity contribution is 8.18. The van der Waals surface area contributed by atoms with Gasteiger partial charge in [0.1, 0.15) is 0 Å². The average Bonchev–Trinajstić information content (AvgIpc) is 3.16. The zero-order chi connectivity index (χ0) is 24.0. The van der Waals surface area contributed by atoms with E-state index in [1.807, 2.05) is 84.9 Å². The van der Waals surface area contributed by atoms with Gasteiger partial charge < -0.3 is 0 Å². The minimum atomic E-state index is -0.0619. The molecule has 4 nitrogen and oxygen atoms in total. The van der Waals surface area contributed by atoms with Gasteiger partial charge in [-0.1, -0.05) is 59.8 Å². The van der Waals surface area contributed by atoms with Crippen LogP contribution in [0.15, 0.2) is 123 Å². The maximum absolute atomic E-state index is 13.4. The monoisotopic (exact) mass is 513 g/mol. The van der Waals surface area contributed by atoms with Crippen molar-refractivity contribution >= 4 is 58.0 Å². The molecule has 1 aliphatic heterocycles. The van der Waals surface area contributed by atoms with E-state index in [9.17, 15) is 4.79 Å². The number of benzene rings is 3. The molecule has 1 fully saturated rings. The van der Waals surface area contributed by atoms with Crippen LogP contribution in [0.2, 0.25) is 5.02 Å². The molecule has 1 aromatic heterocycles. The molecule has 1 aliphatic rings. The van der Waals surface area contributed by atoms with Crippen molar-refractivity contribution in [1.29, 1.82) is 0 Å². The van der Waals surface area contributed by atoms with E-state index in [1.165, 1.54) is 11.8 Å². The highest BCUT2D eigenvalue weighted by Crippen LogP contribution is 2.36. The molecule has 0 unspecified atom stereocenters. The van der Waals surface area contributed by atoms with Gasteiger partial charge in [-0.15, -0.1) is 0 Å². The van der Waals surface area contributed by atoms with Crippen LogP contribution in [0.25, 0.3) is 6.08 Å². The number of aliphatic imine (C=N–C) groups is 1. The number of hydrogen-bond donors (Lipinski definition) is 0. The minimum absolute atomic E-state index is 0.0619. The second-order valence-electron chi connectivity index (χ2n) is 7.72. The quantitative estimate of drug-likeness (QED) is 0.248. The Morgan fingerprint density at radius 1 is 0.914 bits per heavy atom. The van der Waals surface area contributed by atoms with Crippen molar-refractivity contribution in [2.45, 2.75) is 16.3 Å². The van der Waals surface area contributed by atoms with Crippen LogP contribution in [-0.2, 0) is 11.3 Å². The van der Waals surface area contributed by atoms with Gasteiger partial charge in [0.2, 0.25) is 0 Å². The molecule has 35 heavy (non-hydrogen) atoms. The predicted octanol–water partition coefficient (Wildman–Crippen LogP) is 7.69. The number of nitrogens with zero attached hydrogens (tertiary/aromatic N) is 3. The topological polar surface area (TPSA) is 45.6 Å². The number of carbonyl (C=O) groups excluding carboxylic acids is 1. The van der Waals surface area contributed by atoms with E-state index >= 15 is 0 Å². The van der Waals surface area contributed by atoms with Crippen molar-refractivity contribution < 1.29 is 4.79 Å². The molecule has 3 aromatic carbocycles. The maximum atomic E-state index is 13.4. The van der Waals surface area contributed by atoms with Gasteiger partial charge in [0.25, 0.3) is 5.91 Å². The normalized spacial score (nSPS) is 15.8. The van der Waals surface area contributed by atoms with E-state index in [0.717, 1.165) is 31.6 Å². The summed E-state index contributed by atoms with van der Waals surface area (Å²) in [6, 6.07) is 29.5. The largest absolute Gasteiger partial charge is 0.282 e. The SMILES string of the molecule is O=C1/C(=C/c2ccc(Sc3ccc(Cl)cc3)cc2)SC(=Nc2ccccc2)N1Cc1cccnc1. The molecule has 172 valence electrons. The van der Waals surface area contributed by atoms with Crippen LogP contribution >= 0.6 is 35.1 Å². The summed E-state index contributed by atoms with van der Waals surface area (Å²) in [6.45, 7) is 0.416. The van der Waals surface area contributed by atoms with Crippen LogP contribution < -0.4 is 0 Å². The maximum Gasteiger partial charge on any atom is 0.267 e. The fraction of sp³-hybridized carbons (Fsp3) is 0.0357. The Kier molecular flexibility index (Phi) is 7.33. The van der Waals surface area contributed by atoms with Crippen molar-refractivity contribution in [2.24, 2.45) is 4.99 Å². The number of amides is 1. The second kappa shape index (κ2) is 11.0. The fourth-order valence-corrected chi connectivity index (χ4v) is 5.38. The summed E-state index contributed by atoms with van der Waals surface area (Å²) in [6.07, 6.45) is 5.42. The number of thioether (sulfide) groups is 1. The van der Waals surface area contributed by atoms with Crippen LogP contribution in [0.1, 0.15) is 11.1 Å². The molecule has 0 radical (unpaired) electrons. The number of aromatic nitrogens is 1. The number of hydrogen-bond acceptors (Lipinski definition) is 5. The lowest BCUT2D eigenvalue weighted by atomic mass is 10.2. The van der Waals surface area contributed by atoms with E-state index in [1.54, 1.807) is 29.1 Å². The van der Waals surface area contributed by atoms with Gasteiger partial charge >= 0.3 is 0 Å². The Balaban J connectivity index is 1.38. The van der Waals surface area contributed by atoms with E-state index in [4.69, 9.17) is 16.6 Å². The summed E-state index contributed by atoms with van der Waals surface area (Å²) in [5.74, 6) is -0.0619. The molecule has 0 atom stereocenters. The number of pyridine rings is 1. The molecular formula is C28H20ClN3OS2. The molecule has 0 aliphatic carbocycles. The lowest BCUT2D eigenvalue weighted by Gasteiger charge is -2.15. The Labute approximate surface area is 217 Å².